The van der Waals surface area contributed by atoms with Crippen LogP contribution in [-0.4, -0.2) is 75.5 Å². The maximum absolute atomic E-state index is 12.6. The predicted octanol–water partition coefficient (Wildman–Crippen LogP) is 3.29. The highest BCUT2D eigenvalue weighted by molar-refractivity contribution is 6.00. The van der Waals surface area contributed by atoms with Crippen molar-refractivity contribution in [2.24, 2.45) is 5.92 Å². The summed E-state index contributed by atoms with van der Waals surface area (Å²) in [5.41, 5.74) is 0. The summed E-state index contributed by atoms with van der Waals surface area (Å²) in [6, 6.07) is 0. The summed E-state index contributed by atoms with van der Waals surface area (Å²) in [6.07, 6.45) is 12.4. The first-order valence-electron chi connectivity index (χ1n) is 12.1. The first-order chi connectivity index (χ1) is 14.5. The normalized spacial score (nSPS) is 12.3. The topological polar surface area (TPSA) is 104 Å². The Morgan fingerprint density at radius 1 is 0.677 bits per heavy atom. The molecule has 0 radical (unpaired) electrons. The third-order valence-electron chi connectivity index (χ3n) is 5.38. The molecule has 0 saturated carbocycles. The van der Waals surface area contributed by atoms with E-state index in [0.717, 1.165) is 19.3 Å². The van der Waals surface area contributed by atoms with Gasteiger partial charge < -0.3 is 30.3 Å². The van der Waals surface area contributed by atoms with Crippen molar-refractivity contribution in [3.63, 3.8) is 0 Å². The van der Waals surface area contributed by atoms with E-state index in [2.05, 4.69) is 17.6 Å². The molecule has 2 N–H and O–H groups in total. The lowest BCUT2D eigenvalue weighted by Crippen LogP contribution is -2.47. The van der Waals surface area contributed by atoms with Crippen LogP contribution in [0, 0.1) is 16.3 Å². The van der Waals surface area contributed by atoms with Crippen LogP contribution in [0.25, 0.3) is 0 Å². The van der Waals surface area contributed by atoms with Crippen LogP contribution < -0.4 is 10.6 Å². The Balaban J connectivity index is 4.37. The number of hydrogen-bond acceptors (Lipinski definition) is 4. The minimum Gasteiger partial charge on any atom is -0.633 e. The van der Waals surface area contributed by atoms with E-state index in [4.69, 9.17) is 0 Å². The van der Waals surface area contributed by atoms with E-state index < -0.39 is 15.2 Å². The number of unbranched alkanes of at least 4 members (excludes halogenated alkanes) is 9. The molecule has 0 bridgehead atoms. The Labute approximate surface area is 190 Å². The minimum atomic E-state index is -0.779. The summed E-state index contributed by atoms with van der Waals surface area (Å²) in [4.78, 5) is 25.2. The van der Waals surface area contributed by atoms with Crippen molar-refractivity contribution in [3.05, 3.63) is 10.4 Å². The number of carbonyl (C=O) groups is 2. The van der Waals surface area contributed by atoms with Gasteiger partial charge in [0.2, 0.25) is 11.8 Å². The molecule has 8 heteroatoms. The monoisotopic (exact) mass is 444 g/mol. The first kappa shape index (κ1) is 29.8. The van der Waals surface area contributed by atoms with Crippen molar-refractivity contribution in [1.29, 1.82) is 0 Å². The van der Waals surface area contributed by atoms with Gasteiger partial charge in [-0.25, -0.2) is 0 Å². The van der Waals surface area contributed by atoms with Crippen LogP contribution in [0.3, 0.4) is 0 Å². The van der Waals surface area contributed by atoms with Crippen molar-refractivity contribution in [2.45, 2.75) is 77.6 Å². The molecule has 0 atom stereocenters. The van der Waals surface area contributed by atoms with E-state index in [9.17, 15) is 20.0 Å². The molecule has 0 spiro atoms. The number of rotatable bonds is 19. The Kier molecular flexibility index (Phi) is 15.8. The first-order valence-corrected chi connectivity index (χ1v) is 12.1. The zero-order valence-electron chi connectivity index (χ0n) is 20.7. The van der Waals surface area contributed by atoms with Crippen molar-refractivity contribution in [3.8, 4) is 0 Å². The molecule has 2 amide bonds. The Hall–Kier alpha value is -1.22. The molecule has 0 aliphatic heterocycles. The van der Waals surface area contributed by atoms with Gasteiger partial charge in [-0.3, -0.25) is 9.59 Å². The lowest BCUT2D eigenvalue weighted by Gasteiger charge is -2.34. The van der Waals surface area contributed by atoms with E-state index in [1.54, 1.807) is 0 Å². The SMILES string of the molecule is CCCCCCCCCCCCC(C(=O)NCC[N+](C)(C)[O-])C(=O)NCC[N+](C)(C)[O-]. The van der Waals surface area contributed by atoms with Gasteiger partial charge in [0.25, 0.3) is 0 Å². The van der Waals surface area contributed by atoms with E-state index in [0.29, 0.717) is 6.42 Å². The van der Waals surface area contributed by atoms with Crippen molar-refractivity contribution in [2.75, 3.05) is 54.4 Å². The van der Waals surface area contributed by atoms with Crippen molar-refractivity contribution >= 4 is 11.8 Å². The minimum absolute atomic E-state index is 0.238. The van der Waals surface area contributed by atoms with E-state index in [1.807, 2.05) is 0 Å². The molecule has 0 aliphatic rings. The second kappa shape index (κ2) is 16.4. The Morgan fingerprint density at radius 2 is 1.03 bits per heavy atom. The number of hydroxylamine groups is 6. The molecule has 0 fully saturated rings. The fourth-order valence-corrected chi connectivity index (χ4v) is 3.36. The van der Waals surface area contributed by atoms with Gasteiger partial charge in [0.05, 0.1) is 54.4 Å². The number of amides is 2. The Bertz CT molecular complexity index is 455. The maximum atomic E-state index is 12.6. The molecule has 8 nitrogen and oxygen atoms in total. The largest absolute Gasteiger partial charge is 0.633 e. The molecule has 0 aromatic carbocycles. The molecule has 31 heavy (non-hydrogen) atoms. The van der Waals surface area contributed by atoms with Gasteiger partial charge in [-0.15, -0.1) is 0 Å². The van der Waals surface area contributed by atoms with Gasteiger partial charge in [-0.05, 0) is 6.42 Å². The highest BCUT2D eigenvalue weighted by Gasteiger charge is 2.26. The molecular weight excluding hydrogens is 396 g/mol. The van der Waals surface area contributed by atoms with Gasteiger partial charge in [0.1, 0.15) is 5.92 Å². The van der Waals surface area contributed by atoms with Crippen LogP contribution in [0.4, 0.5) is 0 Å². The molecule has 0 saturated heterocycles. The van der Waals surface area contributed by atoms with Crippen LogP contribution in [0.2, 0.25) is 0 Å². The number of likely N-dealkylation sites (N-methyl/N-ethyl adjacent to an activating group) is 2. The smallest absolute Gasteiger partial charge is 0.232 e. The fourth-order valence-electron chi connectivity index (χ4n) is 3.36. The molecule has 0 aromatic rings. The predicted molar refractivity (Wildman–Crippen MR) is 127 cm³/mol. The van der Waals surface area contributed by atoms with Gasteiger partial charge in [0.15, 0.2) is 0 Å². The molecule has 0 heterocycles. The lowest BCUT2D eigenvalue weighted by atomic mass is 9.98. The van der Waals surface area contributed by atoms with Gasteiger partial charge in [-0.1, -0.05) is 71.1 Å². The highest BCUT2D eigenvalue weighted by atomic mass is 16.5. The summed E-state index contributed by atoms with van der Waals surface area (Å²) in [6.45, 7) is 3.20. The van der Waals surface area contributed by atoms with Crippen LogP contribution >= 0.6 is 0 Å². The fraction of sp³-hybridized carbons (Fsp3) is 0.913. The van der Waals surface area contributed by atoms with Crippen LogP contribution in [0.5, 0.6) is 0 Å². The summed E-state index contributed by atoms with van der Waals surface area (Å²) in [5.74, 6) is -1.45. The summed E-state index contributed by atoms with van der Waals surface area (Å²) < 4.78 is -0.988. The standard InChI is InChI=1S/C23H48N4O4/c1-6-7-8-9-10-11-12-13-14-15-16-21(22(28)24-17-19-26(2,3)30)23(29)25-18-20-27(4,5)31/h21H,6-20H2,1-5H3,(H,24,28)(H,25,29). The average molecular weight is 445 g/mol. The molecule has 184 valence electrons. The third kappa shape index (κ3) is 19.2. The second-order valence-electron chi connectivity index (χ2n) is 9.70. The number of carbonyl (C=O) groups excluding carboxylic acids is 2. The van der Waals surface area contributed by atoms with Crippen molar-refractivity contribution in [1.82, 2.24) is 10.6 Å². The molecule has 0 rings (SSSR count). The van der Waals surface area contributed by atoms with E-state index in [1.165, 1.54) is 73.1 Å². The number of quaternary nitrogens is 2. The average Bonchev–Trinajstić information content (AvgIpc) is 2.64. The van der Waals surface area contributed by atoms with Crippen LogP contribution in [0.1, 0.15) is 77.6 Å². The summed E-state index contributed by atoms with van der Waals surface area (Å²) in [5, 5.41) is 28.8. The number of hydrogen-bond donors (Lipinski definition) is 2. The van der Waals surface area contributed by atoms with Crippen LogP contribution in [-0.2, 0) is 9.59 Å². The van der Waals surface area contributed by atoms with Crippen molar-refractivity contribution < 1.29 is 18.9 Å². The Morgan fingerprint density at radius 3 is 1.39 bits per heavy atom. The summed E-state index contributed by atoms with van der Waals surface area (Å²) in [7, 11) is 6.07. The zero-order chi connectivity index (χ0) is 23.8. The van der Waals surface area contributed by atoms with E-state index in [-0.39, 0.29) is 38.0 Å². The number of nitrogens with one attached hydrogen (secondary N) is 2. The van der Waals surface area contributed by atoms with Gasteiger partial charge in [0, 0.05) is 0 Å². The van der Waals surface area contributed by atoms with Gasteiger partial charge in [-0.2, -0.15) is 0 Å². The summed E-state index contributed by atoms with van der Waals surface area (Å²) >= 11 is 0. The van der Waals surface area contributed by atoms with Crippen LogP contribution in [0.15, 0.2) is 0 Å². The zero-order valence-corrected chi connectivity index (χ0v) is 20.7. The highest BCUT2D eigenvalue weighted by Crippen LogP contribution is 2.15. The molecule has 0 aliphatic carbocycles. The molecular formula is C23H48N4O4. The number of nitrogens with zero attached hydrogens (tertiary/aromatic N) is 2. The third-order valence-corrected chi connectivity index (χ3v) is 5.38. The quantitative estimate of drug-likeness (QED) is 0.138. The van der Waals surface area contributed by atoms with Gasteiger partial charge >= 0.3 is 0 Å². The lowest BCUT2D eigenvalue weighted by molar-refractivity contribution is -0.838. The molecule has 0 unspecified atom stereocenters. The second-order valence-corrected chi connectivity index (χ2v) is 9.70. The molecule has 0 aromatic heterocycles. The van der Waals surface area contributed by atoms with E-state index >= 15 is 0 Å². The maximum Gasteiger partial charge on any atom is 0.232 e.